The fourth-order valence-corrected chi connectivity index (χ4v) is 8.19. The summed E-state index contributed by atoms with van der Waals surface area (Å²) >= 11 is 0. The number of nitrogens with zero attached hydrogens (tertiary/aromatic N) is 1. The van der Waals surface area contributed by atoms with E-state index >= 15 is 0 Å². The highest BCUT2D eigenvalue weighted by molar-refractivity contribution is 6.30. The van der Waals surface area contributed by atoms with Crippen LogP contribution in [0.25, 0.3) is 87.7 Å². The van der Waals surface area contributed by atoms with Crippen molar-refractivity contribution >= 4 is 82.5 Å². The molecule has 0 aliphatic heterocycles. The Hall–Kier alpha value is -7.10. The van der Waals surface area contributed by atoms with Gasteiger partial charge in [0, 0.05) is 43.9 Å². The average Bonchev–Trinajstić information content (AvgIpc) is 3.80. The van der Waals surface area contributed by atoms with Crippen molar-refractivity contribution in [3.05, 3.63) is 188 Å². The highest BCUT2D eigenvalue weighted by Crippen LogP contribution is 2.47. The Labute approximate surface area is 305 Å². The van der Waals surface area contributed by atoms with Crippen LogP contribution in [0.1, 0.15) is 0 Å². The molecule has 0 saturated heterocycles. The van der Waals surface area contributed by atoms with Crippen molar-refractivity contribution in [1.82, 2.24) is 0 Å². The number of fused-ring (bicyclic) bond motifs is 11. The number of hydrogen-bond donors (Lipinski definition) is 0. The predicted molar refractivity (Wildman–Crippen MR) is 222 cm³/mol. The van der Waals surface area contributed by atoms with E-state index in [1.54, 1.807) is 0 Å². The largest absolute Gasteiger partial charge is 0.456 e. The first-order chi connectivity index (χ1) is 26.3. The molecule has 3 nitrogen and oxygen atoms in total. The molecule has 0 atom stereocenters. The Morgan fingerprint density at radius 2 is 0.887 bits per heavy atom. The van der Waals surface area contributed by atoms with Crippen LogP contribution in [0.4, 0.5) is 17.1 Å². The maximum Gasteiger partial charge on any atom is 0.143 e. The lowest BCUT2D eigenvalue weighted by molar-refractivity contribution is 0.669. The molecular weight excluding hydrogens is 647 g/mol. The SMILES string of the molecule is c1ccc(-c2cc3oc4c5ccccc5c5ccccc5c4c3cc2N(c2ccccc2)c2ccc(-c3ccc4c(c3)oc3ccccc34)cc2)cc1. The van der Waals surface area contributed by atoms with Crippen LogP contribution >= 0.6 is 0 Å². The minimum absolute atomic E-state index is 0.869. The first-order valence-corrected chi connectivity index (χ1v) is 18.0. The maximum atomic E-state index is 6.87. The molecule has 0 amide bonds. The number of benzene rings is 9. The zero-order valence-electron chi connectivity index (χ0n) is 28.7. The Kier molecular flexibility index (Phi) is 6.55. The molecule has 0 saturated carbocycles. The maximum absolute atomic E-state index is 6.87. The second kappa shape index (κ2) is 11.7. The summed E-state index contributed by atoms with van der Waals surface area (Å²) in [5, 5.41) is 9.24. The van der Waals surface area contributed by atoms with E-state index in [9.17, 15) is 0 Å². The molecule has 0 bridgehead atoms. The molecule has 0 radical (unpaired) electrons. The van der Waals surface area contributed by atoms with Crippen molar-refractivity contribution in [2.75, 3.05) is 4.90 Å². The van der Waals surface area contributed by atoms with Gasteiger partial charge in [0.1, 0.15) is 22.3 Å². The molecule has 0 unspecified atom stereocenters. The quantitative estimate of drug-likeness (QED) is 0.170. The van der Waals surface area contributed by atoms with Crippen molar-refractivity contribution in [2.45, 2.75) is 0 Å². The lowest BCUT2D eigenvalue weighted by Crippen LogP contribution is -2.11. The molecule has 2 aromatic heterocycles. The molecule has 11 aromatic rings. The van der Waals surface area contributed by atoms with Gasteiger partial charge in [-0.25, -0.2) is 0 Å². The predicted octanol–water partition coefficient (Wildman–Crippen LogP) is 14.6. The van der Waals surface area contributed by atoms with E-state index in [1.165, 1.54) is 16.2 Å². The Morgan fingerprint density at radius 1 is 0.321 bits per heavy atom. The summed E-state index contributed by atoms with van der Waals surface area (Å²) < 4.78 is 13.1. The van der Waals surface area contributed by atoms with Crippen LogP contribution in [0.3, 0.4) is 0 Å². The van der Waals surface area contributed by atoms with Crippen LogP contribution in [0.5, 0.6) is 0 Å². The first kappa shape index (κ1) is 29.6. The summed E-state index contributed by atoms with van der Waals surface area (Å²) in [6, 6.07) is 66.7. The molecule has 11 rings (SSSR count). The van der Waals surface area contributed by atoms with E-state index in [2.05, 4.69) is 181 Å². The molecule has 0 spiro atoms. The number of furan rings is 2. The van der Waals surface area contributed by atoms with Crippen molar-refractivity contribution in [3.63, 3.8) is 0 Å². The van der Waals surface area contributed by atoms with Crippen molar-refractivity contribution in [2.24, 2.45) is 0 Å². The van der Waals surface area contributed by atoms with Crippen LogP contribution in [-0.2, 0) is 0 Å². The van der Waals surface area contributed by atoms with Gasteiger partial charge in [-0.3, -0.25) is 0 Å². The third-order valence-corrected chi connectivity index (χ3v) is 10.6. The van der Waals surface area contributed by atoms with Crippen LogP contribution < -0.4 is 4.90 Å². The van der Waals surface area contributed by atoms with Gasteiger partial charge < -0.3 is 13.7 Å². The Morgan fingerprint density at radius 3 is 1.66 bits per heavy atom. The fourth-order valence-electron chi connectivity index (χ4n) is 8.19. The second-order valence-electron chi connectivity index (χ2n) is 13.7. The van der Waals surface area contributed by atoms with E-state index in [1.807, 2.05) is 12.1 Å². The molecule has 9 aromatic carbocycles. The summed E-state index contributed by atoms with van der Waals surface area (Å²) in [5.41, 5.74) is 11.3. The molecule has 3 heteroatoms. The zero-order valence-corrected chi connectivity index (χ0v) is 28.7. The van der Waals surface area contributed by atoms with E-state index in [0.717, 1.165) is 88.6 Å². The molecule has 2 heterocycles. The minimum Gasteiger partial charge on any atom is -0.456 e. The number of rotatable bonds is 5. The molecule has 0 N–H and O–H groups in total. The first-order valence-electron chi connectivity index (χ1n) is 18.0. The van der Waals surface area contributed by atoms with Crippen LogP contribution in [-0.4, -0.2) is 0 Å². The van der Waals surface area contributed by atoms with E-state index in [0.29, 0.717) is 0 Å². The van der Waals surface area contributed by atoms with Gasteiger partial charge in [-0.1, -0.05) is 133 Å². The lowest BCUT2D eigenvalue weighted by Gasteiger charge is -2.28. The van der Waals surface area contributed by atoms with Gasteiger partial charge in [0.2, 0.25) is 0 Å². The van der Waals surface area contributed by atoms with Gasteiger partial charge in [-0.05, 0) is 87.4 Å². The summed E-state index contributed by atoms with van der Waals surface area (Å²) in [6.45, 7) is 0. The normalized spacial score (nSPS) is 11.8. The Bertz CT molecular complexity index is 3160. The summed E-state index contributed by atoms with van der Waals surface area (Å²) in [4.78, 5) is 2.37. The Balaban J connectivity index is 1.14. The fraction of sp³-hybridized carbons (Fsp3) is 0. The molecular formula is C50H31NO2. The monoisotopic (exact) mass is 677 g/mol. The molecule has 0 aliphatic rings. The van der Waals surface area contributed by atoms with Gasteiger partial charge in [-0.15, -0.1) is 0 Å². The summed E-state index contributed by atoms with van der Waals surface area (Å²) in [6.07, 6.45) is 0. The molecule has 53 heavy (non-hydrogen) atoms. The standard InChI is InChI=1S/C50H31NO2/c1-3-13-33(14-4-1)43-31-48-44(49-41-20-9-7-17-37(41)38-18-8-10-21-42(38)50(49)53-48)30-45(43)51(35-15-5-2-6-16-35)36-26-23-32(24-27-36)34-25-28-40-39-19-11-12-22-46(39)52-47(40)29-34/h1-31H. The third kappa shape index (κ3) is 4.68. The lowest BCUT2D eigenvalue weighted by atomic mass is 9.95. The summed E-state index contributed by atoms with van der Waals surface area (Å²) in [7, 11) is 0. The highest BCUT2D eigenvalue weighted by Gasteiger charge is 2.23. The second-order valence-corrected chi connectivity index (χ2v) is 13.7. The van der Waals surface area contributed by atoms with Crippen molar-refractivity contribution in [1.29, 1.82) is 0 Å². The molecule has 0 fully saturated rings. The zero-order chi connectivity index (χ0) is 34.9. The highest BCUT2D eigenvalue weighted by atomic mass is 16.3. The smallest absolute Gasteiger partial charge is 0.143 e. The van der Waals surface area contributed by atoms with Gasteiger partial charge >= 0.3 is 0 Å². The van der Waals surface area contributed by atoms with E-state index in [4.69, 9.17) is 8.83 Å². The van der Waals surface area contributed by atoms with Crippen LogP contribution in [0.2, 0.25) is 0 Å². The van der Waals surface area contributed by atoms with E-state index in [-0.39, 0.29) is 0 Å². The van der Waals surface area contributed by atoms with Gasteiger partial charge in [0.15, 0.2) is 0 Å². The van der Waals surface area contributed by atoms with Gasteiger partial charge in [0.25, 0.3) is 0 Å². The van der Waals surface area contributed by atoms with Crippen LogP contribution in [0.15, 0.2) is 197 Å². The third-order valence-electron chi connectivity index (χ3n) is 10.6. The summed E-state index contributed by atoms with van der Waals surface area (Å²) in [5.74, 6) is 0. The van der Waals surface area contributed by atoms with Crippen molar-refractivity contribution < 1.29 is 8.83 Å². The minimum atomic E-state index is 0.869. The van der Waals surface area contributed by atoms with Crippen molar-refractivity contribution in [3.8, 4) is 22.3 Å². The molecule has 0 aliphatic carbocycles. The number of hydrogen-bond acceptors (Lipinski definition) is 3. The van der Waals surface area contributed by atoms with E-state index < -0.39 is 0 Å². The number of anilines is 3. The number of para-hydroxylation sites is 2. The van der Waals surface area contributed by atoms with Gasteiger partial charge in [-0.2, -0.15) is 0 Å². The topological polar surface area (TPSA) is 29.5 Å². The van der Waals surface area contributed by atoms with Gasteiger partial charge in [0.05, 0.1) is 5.69 Å². The molecule has 248 valence electrons. The van der Waals surface area contributed by atoms with Crippen LogP contribution in [0, 0.1) is 0 Å². The average molecular weight is 678 g/mol.